The van der Waals surface area contributed by atoms with Gasteiger partial charge in [-0.2, -0.15) is 0 Å². The van der Waals surface area contributed by atoms with Gasteiger partial charge in [0.15, 0.2) is 0 Å². The maximum absolute atomic E-state index is 3.49. The van der Waals surface area contributed by atoms with Crippen molar-refractivity contribution >= 4 is 5.69 Å². The van der Waals surface area contributed by atoms with Gasteiger partial charge < -0.3 is 5.32 Å². The second kappa shape index (κ2) is 2.28. The van der Waals surface area contributed by atoms with Crippen LogP contribution in [0.1, 0.15) is 30.4 Å². The van der Waals surface area contributed by atoms with Crippen LogP contribution >= 0.6 is 0 Å². The predicted octanol–water partition coefficient (Wildman–Crippen LogP) is 2.84. The highest BCUT2D eigenvalue weighted by atomic mass is 14.9. The Morgan fingerprint density at radius 3 is 2.85 bits per heavy atom. The van der Waals surface area contributed by atoms with Crippen molar-refractivity contribution in [2.75, 3.05) is 11.9 Å². The summed E-state index contributed by atoms with van der Waals surface area (Å²) in [5.41, 5.74) is 4.95. The second-order valence-electron chi connectivity index (χ2n) is 4.51. The van der Waals surface area contributed by atoms with Gasteiger partial charge in [0, 0.05) is 12.2 Å². The zero-order valence-electron chi connectivity index (χ0n) is 8.06. The quantitative estimate of drug-likeness (QED) is 0.636. The second-order valence-corrected chi connectivity index (χ2v) is 4.51. The monoisotopic (exact) mass is 173 g/mol. The summed E-state index contributed by atoms with van der Waals surface area (Å²) in [4.78, 5) is 0. The first-order valence-electron chi connectivity index (χ1n) is 5.15. The Morgan fingerprint density at radius 1 is 1.23 bits per heavy atom. The third kappa shape index (κ3) is 0.995. The molecule has 68 valence electrons. The number of hydrogen-bond acceptors (Lipinski definition) is 1. The molecule has 1 heteroatoms. The summed E-state index contributed by atoms with van der Waals surface area (Å²) in [7, 11) is 0. The third-order valence-corrected chi connectivity index (χ3v) is 3.52. The first-order valence-corrected chi connectivity index (χ1v) is 5.15. The van der Waals surface area contributed by atoms with E-state index >= 15 is 0 Å². The van der Waals surface area contributed by atoms with E-state index in [1.165, 1.54) is 30.5 Å². The van der Waals surface area contributed by atoms with Crippen molar-refractivity contribution in [1.82, 2.24) is 0 Å². The molecule has 1 nitrogen and oxygen atoms in total. The summed E-state index contributed by atoms with van der Waals surface area (Å²) in [6.07, 6.45) is 4.15. The van der Waals surface area contributed by atoms with Crippen LogP contribution in [0.3, 0.4) is 0 Å². The molecule has 1 aromatic carbocycles. The Kier molecular flexibility index (Phi) is 1.30. The Morgan fingerprint density at radius 2 is 2.08 bits per heavy atom. The molecule has 1 aliphatic carbocycles. The molecule has 1 aliphatic heterocycles. The van der Waals surface area contributed by atoms with Crippen molar-refractivity contribution < 1.29 is 0 Å². The molecule has 0 bridgehead atoms. The molecule has 0 unspecified atom stereocenters. The molecule has 1 saturated carbocycles. The van der Waals surface area contributed by atoms with Gasteiger partial charge in [0.25, 0.3) is 0 Å². The van der Waals surface area contributed by atoms with Crippen molar-refractivity contribution in [1.29, 1.82) is 0 Å². The van der Waals surface area contributed by atoms with Crippen molar-refractivity contribution in [2.24, 2.45) is 0 Å². The van der Waals surface area contributed by atoms with Gasteiger partial charge in [0.2, 0.25) is 0 Å². The average molecular weight is 173 g/mol. The molecule has 0 saturated heterocycles. The minimum Gasteiger partial charge on any atom is -0.385 e. The smallest absolute Gasteiger partial charge is 0.0378 e. The molecule has 1 fully saturated rings. The van der Waals surface area contributed by atoms with Gasteiger partial charge in [-0.05, 0) is 43.2 Å². The summed E-state index contributed by atoms with van der Waals surface area (Å²) in [5, 5.41) is 3.49. The number of fused-ring (bicyclic) bond motifs is 2. The molecule has 0 radical (unpaired) electrons. The SMILES string of the molecule is Cc1ccc2c(c1)C1(CCN2)CC1. The summed E-state index contributed by atoms with van der Waals surface area (Å²) >= 11 is 0. The Hall–Kier alpha value is -0.980. The summed E-state index contributed by atoms with van der Waals surface area (Å²) in [6, 6.07) is 6.81. The molecule has 13 heavy (non-hydrogen) atoms. The molecule has 3 rings (SSSR count). The van der Waals surface area contributed by atoms with Gasteiger partial charge in [-0.3, -0.25) is 0 Å². The van der Waals surface area contributed by atoms with Crippen LogP contribution in [0.25, 0.3) is 0 Å². The van der Waals surface area contributed by atoms with Crippen molar-refractivity contribution in [3.05, 3.63) is 29.3 Å². The summed E-state index contributed by atoms with van der Waals surface area (Å²) in [6.45, 7) is 3.35. The van der Waals surface area contributed by atoms with E-state index in [0.717, 1.165) is 6.54 Å². The number of nitrogens with one attached hydrogen (secondary N) is 1. The molecular weight excluding hydrogens is 158 g/mol. The fraction of sp³-hybridized carbons (Fsp3) is 0.500. The Balaban J connectivity index is 2.16. The minimum atomic E-state index is 0.590. The first-order chi connectivity index (χ1) is 6.30. The predicted molar refractivity (Wildman–Crippen MR) is 55.2 cm³/mol. The average Bonchev–Trinajstić information content (AvgIpc) is 2.88. The zero-order chi connectivity index (χ0) is 8.89. The van der Waals surface area contributed by atoms with Crippen LogP contribution in [0.2, 0.25) is 0 Å². The third-order valence-electron chi connectivity index (χ3n) is 3.52. The van der Waals surface area contributed by atoms with Gasteiger partial charge in [-0.25, -0.2) is 0 Å². The van der Waals surface area contributed by atoms with E-state index in [0.29, 0.717) is 5.41 Å². The van der Waals surface area contributed by atoms with Crippen LogP contribution in [0.4, 0.5) is 5.69 Å². The molecule has 1 heterocycles. The van der Waals surface area contributed by atoms with Crippen LogP contribution in [0.5, 0.6) is 0 Å². The van der Waals surface area contributed by atoms with Crippen LogP contribution in [-0.2, 0) is 5.41 Å². The normalized spacial score (nSPS) is 22.2. The molecule has 2 aliphatic rings. The number of aryl methyl sites for hydroxylation is 1. The van der Waals surface area contributed by atoms with Gasteiger partial charge in [0.1, 0.15) is 0 Å². The van der Waals surface area contributed by atoms with Gasteiger partial charge in [-0.15, -0.1) is 0 Å². The van der Waals surface area contributed by atoms with E-state index in [1.807, 2.05) is 0 Å². The van der Waals surface area contributed by atoms with E-state index in [2.05, 4.69) is 30.4 Å². The van der Waals surface area contributed by atoms with E-state index in [-0.39, 0.29) is 0 Å². The molecule has 0 atom stereocenters. The minimum absolute atomic E-state index is 0.590. The molecular formula is C12H15N. The number of hydrogen-bond donors (Lipinski definition) is 1. The highest BCUT2D eigenvalue weighted by Crippen LogP contribution is 2.55. The van der Waals surface area contributed by atoms with E-state index in [9.17, 15) is 0 Å². The van der Waals surface area contributed by atoms with Gasteiger partial charge in [0.05, 0.1) is 0 Å². The van der Waals surface area contributed by atoms with E-state index in [4.69, 9.17) is 0 Å². The van der Waals surface area contributed by atoms with Crippen molar-refractivity contribution in [3.63, 3.8) is 0 Å². The molecule has 1 spiro atoms. The largest absolute Gasteiger partial charge is 0.385 e. The fourth-order valence-electron chi connectivity index (χ4n) is 2.49. The highest BCUT2D eigenvalue weighted by molar-refractivity contribution is 5.60. The number of anilines is 1. The van der Waals surface area contributed by atoms with E-state index in [1.54, 1.807) is 5.56 Å². The van der Waals surface area contributed by atoms with Crippen LogP contribution in [0.15, 0.2) is 18.2 Å². The number of benzene rings is 1. The topological polar surface area (TPSA) is 12.0 Å². The Labute approximate surface area is 79.2 Å². The zero-order valence-corrected chi connectivity index (χ0v) is 8.06. The first kappa shape index (κ1) is 7.43. The summed E-state index contributed by atoms with van der Waals surface area (Å²) < 4.78 is 0. The molecule has 1 N–H and O–H groups in total. The van der Waals surface area contributed by atoms with E-state index < -0.39 is 0 Å². The van der Waals surface area contributed by atoms with Crippen LogP contribution in [0, 0.1) is 6.92 Å². The maximum atomic E-state index is 3.49. The van der Waals surface area contributed by atoms with Crippen molar-refractivity contribution in [3.8, 4) is 0 Å². The number of rotatable bonds is 0. The van der Waals surface area contributed by atoms with Crippen molar-refractivity contribution in [2.45, 2.75) is 31.6 Å². The molecule has 0 amide bonds. The van der Waals surface area contributed by atoms with Gasteiger partial charge in [-0.1, -0.05) is 17.7 Å². The van der Waals surface area contributed by atoms with Gasteiger partial charge >= 0.3 is 0 Å². The summed E-state index contributed by atoms with van der Waals surface area (Å²) in [5.74, 6) is 0. The lowest BCUT2D eigenvalue weighted by atomic mass is 9.87. The molecule has 0 aromatic heterocycles. The van der Waals surface area contributed by atoms with Crippen LogP contribution in [-0.4, -0.2) is 6.54 Å². The Bertz CT molecular complexity index is 350. The lowest BCUT2D eigenvalue weighted by molar-refractivity contribution is 0.621. The fourth-order valence-corrected chi connectivity index (χ4v) is 2.49. The molecule has 1 aromatic rings. The standard InChI is InChI=1S/C12H15N/c1-9-2-3-11-10(8-9)12(4-5-12)6-7-13-11/h2-3,8,13H,4-7H2,1H3. The lowest BCUT2D eigenvalue weighted by Crippen LogP contribution is -2.21. The maximum Gasteiger partial charge on any atom is 0.0378 e. The lowest BCUT2D eigenvalue weighted by Gasteiger charge is -2.26. The highest BCUT2D eigenvalue weighted by Gasteiger charge is 2.46. The van der Waals surface area contributed by atoms with Crippen LogP contribution < -0.4 is 5.32 Å².